The van der Waals surface area contributed by atoms with Gasteiger partial charge in [0.25, 0.3) is 0 Å². The first-order chi connectivity index (χ1) is 9.81. The van der Waals surface area contributed by atoms with Crippen LogP contribution in [-0.2, 0) is 16.0 Å². The van der Waals surface area contributed by atoms with Crippen molar-refractivity contribution in [3.05, 3.63) is 28.5 Å². The number of ether oxygens (including phenoxy) is 1. The molecule has 0 aromatic carbocycles. The summed E-state index contributed by atoms with van der Waals surface area (Å²) in [6.07, 6.45) is 1.70. The number of carbonyl (C=O) groups excluding carboxylic acids is 2. The van der Waals surface area contributed by atoms with E-state index in [2.05, 4.69) is 20.9 Å². The lowest BCUT2D eigenvalue weighted by molar-refractivity contribution is -0.109. The van der Waals surface area contributed by atoms with Gasteiger partial charge in [-0.1, -0.05) is 6.07 Å². The van der Waals surface area contributed by atoms with Gasteiger partial charge in [0.2, 0.25) is 0 Å². The van der Waals surface area contributed by atoms with Gasteiger partial charge in [-0.2, -0.15) is 0 Å². The summed E-state index contributed by atoms with van der Waals surface area (Å²) in [7, 11) is 0. The van der Waals surface area contributed by atoms with Crippen LogP contribution in [0.4, 0.5) is 4.79 Å². The molecule has 0 radical (unpaired) electrons. The molecule has 1 aromatic rings. The standard InChI is InChI=1S/C15H21BrN2O3/c1-15(2,3)21-14(20)18(10-11-19)9-5-7-12-6-4-8-13(16)17-12/h4,6,8,11H,5,7,9-10H2,1-3H3. The molecular formula is C15H21BrN2O3. The Morgan fingerprint density at radius 1 is 1.43 bits per heavy atom. The maximum Gasteiger partial charge on any atom is 0.410 e. The second-order valence-electron chi connectivity index (χ2n) is 5.65. The Bertz CT molecular complexity index is 486. The summed E-state index contributed by atoms with van der Waals surface area (Å²) in [6, 6.07) is 5.72. The number of aromatic nitrogens is 1. The SMILES string of the molecule is CC(C)(C)OC(=O)N(CC=O)CCCc1cccc(Br)n1. The number of aldehydes is 1. The molecule has 0 fully saturated rings. The van der Waals surface area contributed by atoms with Crippen LogP contribution in [-0.4, -0.2) is 41.0 Å². The second kappa shape index (κ2) is 8.12. The fourth-order valence-electron chi connectivity index (χ4n) is 1.71. The first-order valence-electron chi connectivity index (χ1n) is 6.85. The fourth-order valence-corrected chi connectivity index (χ4v) is 2.09. The van der Waals surface area contributed by atoms with Crippen LogP contribution in [0.3, 0.4) is 0 Å². The van der Waals surface area contributed by atoms with Crippen LogP contribution in [0.15, 0.2) is 22.8 Å². The monoisotopic (exact) mass is 356 g/mol. The third kappa shape index (κ3) is 7.22. The summed E-state index contributed by atoms with van der Waals surface area (Å²) in [5.74, 6) is 0. The highest BCUT2D eigenvalue weighted by molar-refractivity contribution is 9.10. The van der Waals surface area contributed by atoms with Crippen molar-refractivity contribution in [2.24, 2.45) is 0 Å². The van der Waals surface area contributed by atoms with E-state index in [0.717, 1.165) is 23.1 Å². The summed E-state index contributed by atoms with van der Waals surface area (Å²) in [6.45, 7) is 5.91. The molecule has 0 spiro atoms. The van der Waals surface area contributed by atoms with E-state index < -0.39 is 11.7 Å². The van der Waals surface area contributed by atoms with Crippen molar-refractivity contribution in [1.29, 1.82) is 0 Å². The molecule has 116 valence electrons. The maximum atomic E-state index is 12.0. The molecule has 1 amide bonds. The van der Waals surface area contributed by atoms with Crippen LogP contribution in [0, 0.1) is 0 Å². The number of halogens is 1. The lowest BCUT2D eigenvalue weighted by atomic mass is 10.2. The minimum atomic E-state index is -0.565. The quantitative estimate of drug-likeness (QED) is 0.579. The third-order valence-electron chi connectivity index (χ3n) is 2.58. The van der Waals surface area contributed by atoms with E-state index >= 15 is 0 Å². The highest BCUT2D eigenvalue weighted by Gasteiger charge is 2.21. The summed E-state index contributed by atoms with van der Waals surface area (Å²) < 4.78 is 6.07. The van der Waals surface area contributed by atoms with Crippen molar-refractivity contribution in [2.75, 3.05) is 13.1 Å². The van der Waals surface area contributed by atoms with Gasteiger partial charge in [0.15, 0.2) is 0 Å². The van der Waals surface area contributed by atoms with Gasteiger partial charge in [-0.15, -0.1) is 0 Å². The van der Waals surface area contributed by atoms with Gasteiger partial charge in [-0.3, -0.25) is 0 Å². The molecule has 0 saturated carbocycles. The maximum absolute atomic E-state index is 12.0. The van der Waals surface area contributed by atoms with Gasteiger partial charge in [0, 0.05) is 12.2 Å². The average Bonchev–Trinajstić information content (AvgIpc) is 2.35. The number of pyridine rings is 1. The number of nitrogens with zero attached hydrogens (tertiary/aromatic N) is 2. The zero-order valence-corrected chi connectivity index (χ0v) is 14.2. The van der Waals surface area contributed by atoms with E-state index in [0.29, 0.717) is 12.8 Å². The number of carbonyl (C=O) groups is 2. The van der Waals surface area contributed by atoms with Crippen LogP contribution in [0.5, 0.6) is 0 Å². The van der Waals surface area contributed by atoms with Gasteiger partial charge < -0.3 is 14.4 Å². The number of hydrogen-bond acceptors (Lipinski definition) is 4. The largest absolute Gasteiger partial charge is 0.444 e. The highest BCUT2D eigenvalue weighted by atomic mass is 79.9. The lowest BCUT2D eigenvalue weighted by Crippen LogP contribution is -2.38. The van der Waals surface area contributed by atoms with Gasteiger partial charge in [-0.05, 0) is 61.7 Å². The van der Waals surface area contributed by atoms with E-state index in [1.54, 1.807) is 20.8 Å². The van der Waals surface area contributed by atoms with E-state index in [1.807, 2.05) is 18.2 Å². The highest BCUT2D eigenvalue weighted by Crippen LogP contribution is 2.11. The van der Waals surface area contributed by atoms with Gasteiger partial charge in [0.1, 0.15) is 16.5 Å². The Morgan fingerprint density at radius 2 is 2.14 bits per heavy atom. The molecule has 0 aliphatic carbocycles. The van der Waals surface area contributed by atoms with Crippen molar-refractivity contribution < 1.29 is 14.3 Å². The van der Waals surface area contributed by atoms with Gasteiger partial charge in [-0.25, -0.2) is 9.78 Å². The Balaban J connectivity index is 2.51. The first kappa shape index (κ1) is 17.6. The molecule has 0 aliphatic heterocycles. The molecule has 0 N–H and O–H groups in total. The van der Waals surface area contributed by atoms with Gasteiger partial charge in [0.05, 0.1) is 6.54 Å². The molecule has 1 rings (SSSR count). The zero-order valence-electron chi connectivity index (χ0n) is 12.6. The van der Waals surface area contributed by atoms with Crippen molar-refractivity contribution in [1.82, 2.24) is 9.88 Å². The van der Waals surface area contributed by atoms with Crippen LogP contribution in [0.25, 0.3) is 0 Å². The zero-order chi connectivity index (χ0) is 15.9. The topological polar surface area (TPSA) is 59.5 Å². The van der Waals surface area contributed by atoms with E-state index in [-0.39, 0.29) is 6.54 Å². The smallest absolute Gasteiger partial charge is 0.410 e. The van der Waals surface area contributed by atoms with Crippen LogP contribution in [0.2, 0.25) is 0 Å². The van der Waals surface area contributed by atoms with Crippen LogP contribution < -0.4 is 0 Å². The number of hydrogen-bond donors (Lipinski definition) is 0. The molecule has 1 heterocycles. The number of aryl methyl sites for hydroxylation is 1. The summed E-state index contributed by atoms with van der Waals surface area (Å²) in [4.78, 5) is 28.4. The molecule has 1 aromatic heterocycles. The van der Waals surface area contributed by atoms with Crippen molar-refractivity contribution >= 4 is 28.3 Å². The predicted molar refractivity (Wildman–Crippen MR) is 84.1 cm³/mol. The third-order valence-corrected chi connectivity index (χ3v) is 3.02. The van der Waals surface area contributed by atoms with Crippen molar-refractivity contribution in [3.63, 3.8) is 0 Å². The molecule has 0 unspecified atom stereocenters. The minimum absolute atomic E-state index is 0.0425. The van der Waals surface area contributed by atoms with Gasteiger partial charge >= 0.3 is 6.09 Å². The summed E-state index contributed by atoms with van der Waals surface area (Å²) >= 11 is 3.32. The van der Waals surface area contributed by atoms with Crippen molar-refractivity contribution in [2.45, 2.75) is 39.2 Å². The Hall–Kier alpha value is -1.43. The molecule has 0 aliphatic rings. The molecule has 0 saturated heterocycles. The summed E-state index contributed by atoms with van der Waals surface area (Å²) in [5.41, 5.74) is 0.379. The fraction of sp³-hybridized carbons (Fsp3) is 0.533. The Morgan fingerprint density at radius 3 is 2.71 bits per heavy atom. The molecule has 0 bridgehead atoms. The van der Waals surface area contributed by atoms with E-state index in [4.69, 9.17) is 4.74 Å². The second-order valence-corrected chi connectivity index (χ2v) is 6.46. The van der Waals surface area contributed by atoms with Crippen LogP contribution >= 0.6 is 15.9 Å². The Kier molecular flexibility index (Phi) is 6.81. The molecule has 6 heteroatoms. The normalized spacial score (nSPS) is 11.0. The van der Waals surface area contributed by atoms with Crippen LogP contribution in [0.1, 0.15) is 32.9 Å². The van der Waals surface area contributed by atoms with Crippen molar-refractivity contribution in [3.8, 4) is 0 Å². The van der Waals surface area contributed by atoms with E-state index in [1.165, 1.54) is 4.90 Å². The molecule has 21 heavy (non-hydrogen) atoms. The van der Waals surface area contributed by atoms with E-state index in [9.17, 15) is 9.59 Å². The minimum Gasteiger partial charge on any atom is -0.444 e. The Labute approximate surface area is 133 Å². The molecule has 5 nitrogen and oxygen atoms in total. The number of amides is 1. The lowest BCUT2D eigenvalue weighted by Gasteiger charge is -2.26. The number of rotatable bonds is 6. The first-order valence-corrected chi connectivity index (χ1v) is 7.64. The average molecular weight is 357 g/mol. The summed E-state index contributed by atoms with van der Waals surface area (Å²) in [5, 5.41) is 0. The predicted octanol–water partition coefficient (Wildman–Crippen LogP) is 3.21. The molecule has 0 atom stereocenters. The molecular weight excluding hydrogens is 336 g/mol.